The SMILES string of the molecule is CN(C)C(=O)CO[P+](=O)OCC(=O)N(C)C. The van der Waals surface area contributed by atoms with Crippen LogP contribution in [0.1, 0.15) is 0 Å². The summed E-state index contributed by atoms with van der Waals surface area (Å²) in [6, 6.07) is 0. The molecule has 0 heterocycles. The molecule has 0 saturated carbocycles. The van der Waals surface area contributed by atoms with Gasteiger partial charge in [-0.2, -0.15) is 0 Å². The average molecular weight is 251 g/mol. The molecule has 0 aliphatic heterocycles. The molecule has 0 rings (SSSR count). The fourth-order valence-electron chi connectivity index (χ4n) is 0.511. The van der Waals surface area contributed by atoms with Crippen LogP contribution in [0.5, 0.6) is 0 Å². The van der Waals surface area contributed by atoms with E-state index in [1.54, 1.807) is 28.2 Å². The van der Waals surface area contributed by atoms with E-state index in [4.69, 9.17) is 0 Å². The number of hydrogen-bond donors (Lipinski definition) is 0. The highest BCUT2D eigenvalue weighted by molar-refractivity contribution is 7.33. The average Bonchev–Trinajstić information content (AvgIpc) is 2.21. The Morgan fingerprint density at radius 1 is 0.938 bits per heavy atom. The van der Waals surface area contributed by atoms with Gasteiger partial charge in [0.2, 0.25) is 0 Å². The van der Waals surface area contributed by atoms with E-state index in [1.807, 2.05) is 0 Å². The van der Waals surface area contributed by atoms with Crippen molar-refractivity contribution in [2.45, 2.75) is 0 Å². The zero-order valence-corrected chi connectivity index (χ0v) is 10.7. The minimum atomic E-state index is -2.44. The largest absolute Gasteiger partial charge is 0.698 e. The van der Waals surface area contributed by atoms with Crippen molar-refractivity contribution in [3.8, 4) is 0 Å². The van der Waals surface area contributed by atoms with Crippen LogP contribution in [0.25, 0.3) is 0 Å². The third kappa shape index (κ3) is 6.44. The van der Waals surface area contributed by atoms with Gasteiger partial charge in [0.15, 0.2) is 13.2 Å². The number of nitrogens with zero attached hydrogens (tertiary/aromatic N) is 2. The smallest absolute Gasteiger partial charge is 0.347 e. The van der Waals surface area contributed by atoms with Gasteiger partial charge in [0.1, 0.15) is 0 Å². The van der Waals surface area contributed by atoms with Crippen molar-refractivity contribution in [2.75, 3.05) is 41.4 Å². The van der Waals surface area contributed by atoms with E-state index >= 15 is 0 Å². The quantitative estimate of drug-likeness (QED) is 0.614. The molecule has 0 bridgehead atoms. The van der Waals surface area contributed by atoms with Crippen LogP contribution < -0.4 is 0 Å². The van der Waals surface area contributed by atoms with E-state index in [0.717, 1.165) is 0 Å². The monoisotopic (exact) mass is 251 g/mol. The van der Waals surface area contributed by atoms with Gasteiger partial charge >= 0.3 is 8.25 Å². The summed E-state index contributed by atoms with van der Waals surface area (Å²) in [6.07, 6.45) is 0. The standard InChI is InChI=1S/C8H16N2O5P/c1-9(2)7(11)5-14-16(13)15-6-8(12)10(3)4/h5-6H2,1-4H3/q+1. The molecule has 8 heteroatoms. The second-order valence-corrected chi connectivity index (χ2v) is 4.31. The molecule has 0 N–H and O–H groups in total. The van der Waals surface area contributed by atoms with Gasteiger partial charge in [-0.3, -0.25) is 9.59 Å². The molecule has 0 aliphatic carbocycles. The Bertz CT molecular complexity index is 254. The molecule has 2 amide bonds. The zero-order chi connectivity index (χ0) is 12.7. The number of likely N-dealkylation sites (N-methyl/N-ethyl adjacent to an activating group) is 2. The highest BCUT2D eigenvalue weighted by atomic mass is 31.1. The Labute approximate surface area is 95.2 Å². The summed E-state index contributed by atoms with van der Waals surface area (Å²) in [5, 5.41) is 0. The lowest BCUT2D eigenvalue weighted by molar-refractivity contribution is -0.131. The Balaban J connectivity index is 3.76. The van der Waals surface area contributed by atoms with Crippen LogP contribution in [0, 0.1) is 0 Å². The van der Waals surface area contributed by atoms with Gasteiger partial charge in [0.05, 0.1) is 0 Å². The summed E-state index contributed by atoms with van der Waals surface area (Å²) in [5.74, 6) is -0.656. The number of carbonyl (C=O) groups is 2. The molecule has 92 valence electrons. The van der Waals surface area contributed by atoms with Crippen molar-refractivity contribution < 1.29 is 23.2 Å². The van der Waals surface area contributed by atoms with Crippen LogP contribution in [0.15, 0.2) is 0 Å². The molecule has 0 saturated heterocycles. The number of hydrogen-bond acceptors (Lipinski definition) is 5. The van der Waals surface area contributed by atoms with E-state index < -0.39 is 8.25 Å². The van der Waals surface area contributed by atoms with Crippen molar-refractivity contribution in [3.05, 3.63) is 0 Å². The molecule has 0 aliphatic rings. The maximum Gasteiger partial charge on any atom is 0.698 e. The van der Waals surface area contributed by atoms with Gasteiger partial charge < -0.3 is 9.80 Å². The van der Waals surface area contributed by atoms with Gasteiger partial charge in [-0.25, -0.2) is 0 Å². The summed E-state index contributed by atoms with van der Waals surface area (Å²) in [7, 11) is 3.76. The van der Waals surface area contributed by atoms with E-state index in [1.165, 1.54) is 9.80 Å². The third-order valence-electron chi connectivity index (χ3n) is 1.58. The summed E-state index contributed by atoms with van der Waals surface area (Å²) in [4.78, 5) is 24.7. The van der Waals surface area contributed by atoms with E-state index in [2.05, 4.69) is 9.05 Å². The third-order valence-corrected chi connectivity index (χ3v) is 2.26. The fraction of sp³-hybridized carbons (Fsp3) is 0.750. The Hall–Kier alpha value is -1.04. The maximum atomic E-state index is 11.1. The first-order chi connectivity index (χ1) is 7.34. The molecule has 0 spiro atoms. The number of rotatable bonds is 6. The predicted molar refractivity (Wildman–Crippen MR) is 56.9 cm³/mol. The van der Waals surface area contributed by atoms with Gasteiger partial charge in [0.25, 0.3) is 11.8 Å². The summed E-state index contributed by atoms with van der Waals surface area (Å²) < 4.78 is 20.3. The zero-order valence-electron chi connectivity index (χ0n) is 9.80. The van der Waals surface area contributed by atoms with Crippen molar-refractivity contribution in [1.82, 2.24) is 9.80 Å². The topological polar surface area (TPSA) is 76.1 Å². The van der Waals surface area contributed by atoms with Gasteiger partial charge in [-0.15, -0.1) is 9.05 Å². The lowest BCUT2D eigenvalue weighted by Crippen LogP contribution is -2.26. The van der Waals surface area contributed by atoms with E-state index in [0.29, 0.717) is 0 Å². The molecule has 16 heavy (non-hydrogen) atoms. The van der Waals surface area contributed by atoms with Gasteiger partial charge in [0, 0.05) is 32.8 Å². The minimum absolute atomic E-state index is 0.328. The van der Waals surface area contributed by atoms with Crippen LogP contribution in [0.3, 0.4) is 0 Å². The summed E-state index contributed by atoms with van der Waals surface area (Å²) in [6.45, 7) is -0.670. The highest BCUT2D eigenvalue weighted by Gasteiger charge is 2.24. The van der Waals surface area contributed by atoms with Crippen LogP contribution in [0.2, 0.25) is 0 Å². The van der Waals surface area contributed by atoms with Gasteiger partial charge in [-0.1, -0.05) is 0 Å². The van der Waals surface area contributed by atoms with Crippen LogP contribution >= 0.6 is 8.25 Å². The summed E-state index contributed by atoms with van der Waals surface area (Å²) >= 11 is 0. The molecule has 0 radical (unpaired) electrons. The Morgan fingerprint density at radius 3 is 1.50 bits per heavy atom. The van der Waals surface area contributed by atoms with Crippen molar-refractivity contribution in [3.63, 3.8) is 0 Å². The molecule has 0 fully saturated rings. The lowest BCUT2D eigenvalue weighted by atomic mass is 10.6. The van der Waals surface area contributed by atoms with Crippen molar-refractivity contribution >= 4 is 20.1 Å². The molecular formula is C8H16N2O5P+. The minimum Gasteiger partial charge on any atom is -0.347 e. The first kappa shape index (κ1) is 15.0. The van der Waals surface area contributed by atoms with E-state index in [-0.39, 0.29) is 25.0 Å². The summed E-state index contributed by atoms with van der Waals surface area (Å²) in [5.41, 5.74) is 0. The molecule has 0 aromatic rings. The maximum absolute atomic E-state index is 11.1. The molecule has 0 aromatic heterocycles. The molecule has 7 nitrogen and oxygen atoms in total. The molecule has 0 aromatic carbocycles. The van der Waals surface area contributed by atoms with Crippen molar-refractivity contribution in [1.29, 1.82) is 0 Å². The van der Waals surface area contributed by atoms with Crippen LogP contribution in [-0.4, -0.2) is 63.0 Å². The number of amides is 2. The lowest BCUT2D eigenvalue weighted by Gasteiger charge is -2.07. The first-order valence-corrected chi connectivity index (χ1v) is 5.57. The van der Waals surface area contributed by atoms with Crippen LogP contribution in [-0.2, 0) is 23.2 Å². The van der Waals surface area contributed by atoms with Gasteiger partial charge in [-0.05, 0) is 0 Å². The second kappa shape index (κ2) is 7.27. The van der Waals surface area contributed by atoms with Crippen LogP contribution in [0.4, 0.5) is 0 Å². The Morgan fingerprint density at radius 2 is 1.25 bits per heavy atom. The second-order valence-electron chi connectivity index (χ2n) is 3.35. The predicted octanol–water partition coefficient (Wildman–Crippen LogP) is -0.147. The normalized spacial score (nSPS) is 9.75. The first-order valence-electron chi connectivity index (χ1n) is 4.48. The van der Waals surface area contributed by atoms with Crippen molar-refractivity contribution in [2.24, 2.45) is 0 Å². The fourth-order valence-corrected chi connectivity index (χ4v) is 1.02. The Kier molecular flexibility index (Phi) is 6.80. The molecular weight excluding hydrogens is 235 g/mol. The molecule has 0 atom stereocenters. The highest BCUT2D eigenvalue weighted by Crippen LogP contribution is 2.23. The molecule has 0 unspecified atom stereocenters. The van der Waals surface area contributed by atoms with E-state index in [9.17, 15) is 14.2 Å². The number of carbonyl (C=O) groups excluding carboxylic acids is 2.